The molecule has 0 radical (unpaired) electrons. The summed E-state index contributed by atoms with van der Waals surface area (Å²) in [4.78, 5) is 6.66. The van der Waals surface area contributed by atoms with Crippen LogP contribution in [0.5, 0.6) is 0 Å². The fourth-order valence-corrected chi connectivity index (χ4v) is 3.05. The summed E-state index contributed by atoms with van der Waals surface area (Å²) < 4.78 is 18.4. The van der Waals surface area contributed by atoms with Crippen molar-refractivity contribution in [1.29, 1.82) is 0 Å². The van der Waals surface area contributed by atoms with E-state index in [1.54, 1.807) is 11.8 Å². The number of hydrogen-bond acceptors (Lipinski definition) is 8. The summed E-state index contributed by atoms with van der Waals surface area (Å²) in [6, 6.07) is 6.01. The van der Waals surface area contributed by atoms with Gasteiger partial charge in [-0.25, -0.2) is 4.98 Å². The van der Waals surface area contributed by atoms with Crippen molar-refractivity contribution in [2.75, 3.05) is 37.4 Å². The highest BCUT2D eigenvalue weighted by molar-refractivity contribution is 7.99. The highest BCUT2D eigenvalue weighted by atomic mass is 32.2. The summed E-state index contributed by atoms with van der Waals surface area (Å²) in [6.07, 6.45) is 0. The molecule has 2 rings (SSSR count). The smallest absolute Gasteiger partial charge is 0.232 e. The molecule has 0 aromatic carbocycles. The summed E-state index contributed by atoms with van der Waals surface area (Å²) in [6.45, 7) is 1.47. The van der Waals surface area contributed by atoms with E-state index in [0.717, 1.165) is 23.0 Å². The molecule has 3 N–H and O–H groups in total. The quantitative estimate of drug-likeness (QED) is 0.448. The van der Waals surface area contributed by atoms with Crippen LogP contribution in [0.2, 0.25) is 0 Å². The number of nitrogens with one attached hydrogen (secondary N) is 1. The van der Waals surface area contributed by atoms with Gasteiger partial charge in [0.1, 0.15) is 0 Å². The normalized spacial score (nSPS) is 11.9. The zero-order valence-electron chi connectivity index (χ0n) is 11.9. The number of hydrogen-bond donors (Lipinski definition) is 2. The van der Waals surface area contributed by atoms with Crippen LogP contribution in [-0.2, 0) is 6.54 Å². The SMILES string of the molecule is CN(C)Cc1cccc(SCCNc2n[s+]([O-])nc2N)n1. The Hall–Kier alpha value is -1.42. The number of nitrogens with zero attached hydrogens (tertiary/aromatic N) is 4. The van der Waals surface area contributed by atoms with Crippen LogP contribution >= 0.6 is 22.9 Å². The van der Waals surface area contributed by atoms with Crippen molar-refractivity contribution in [2.45, 2.75) is 11.6 Å². The van der Waals surface area contributed by atoms with E-state index in [4.69, 9.17) is 5.73 Å². The molecule has 0 saturated heterocycles. The molecule has 0 spiro atoms. The Balaban J connectivity index is 1.79. The monoisotopic (exact) mass is 326 g/mol. The number of anilines is 2. The van der Waals surface area contributed by atoms with E-state index in [9.17, 15) is 4.55 Å². The molecule has 21 heavy (non-hydrogen) atoms. The van der Waals surface area contributed by atoms with E-state index in [-0.39, 0.29) is 5.82 Å². The molecule has 7 nitrogen and oxygen atoms in total. The summed E-state index contributed by atoms with van der Waals surface area (Å²) >= 11 is 0.0747. The Morgan fingerprint density at radius 1 is 1.38 bits per heavy atom. The fraction of sp³-hybridized carbons (Fsp3) is 0.417. The number of nitrogens with two attached hydrogens (primary N) is 1. The minimum atomic E-state index is -1.57. The molecule has 0 amide bonds. The molecule has 0 aliphatic heterocycles. The first-order valence-electron chi connectivity index (χ1n) is 6.37. The van der Waals surface area contributed by atoms with E-state index in [1.807, 2.05) is 32.3 Å². The van der Waals surface area contributed by atoms with Crippen LogP contribution in [0.1, 0.15) is 5.69 Å². The van der Waals surface area contributed by atoms with Crippen LogP contribution in [0.25, 0.3) is 0 Å². The summed E-state index contributed by atoms with van der Waals surface area (Å²) in [5.74, 6) is 1.41. The van der Waals surface area contributed by atoms with Gasteiger partial charge in [-0.05, 0) is 26.2 Å². The van der Waals surface area contributed by atoms with Gasteiger partial charge >= 0.3 is 0 Å². The molecular weight excluding hydrogens is 308 g/mol. The molecule has 0 bridgehead atoms. The molecule has 2 aromatic rings. The first-order valence-corrected chi connectivity index (χ1v) is 8.42. The molecule has 0 aliphatic carbocycles. The first kappa shape index (κ1) is 16.0. The lowest BCUT2D eigenvalue weighted by molar-refractivity contribution is 0.395. The number of aromatic nitrogens is 3. The maximum absolute atomic E-state index is 11.0. The van der Waals surface area contributed by atoms with Crippen LogP contribution in [0.4, 0.5) is 11.6 Å². The van der Waals surface area contributed by atoms with Gasteiger partial charge < -0.3 is 20.5 Å². The van der Waals surface area contributed by atoms with Crippen molar-refractivity contribution in [2.24, 2.45) is 0 Å². The summed E-state index contributed by atoms with van der Waals surface area (Å²) in [5.41, 5.74) is 6.62. The van der Waals surface area contributed by atoms with Crippen LogP contribution < -0.4 is 11.1 Å². The van der Waals surface area contributed by atoms with Crippen LogP contribution in [-0.4, -0.2) is 49.6 Å². The Morgan fingerprint density at radius 3 is 2.86 bits per heavy atom. The Labute approximate surface area is 131 Å². The van der Waals surface area contributed by atoms with E-state index in [1.165, 1.54) is 0 Å². The fourth-order valence-electron chi connectivity index (χ4n) is 1.67. The molecular formula is C12H18N6OS2. The highest BCUT2D eigenvalue weighted by Crippen LogP contribution is 2.20. The number of pyridine rings is 1. The predicted molar refractivity (Wildman–Crippen MR) is 85.9 cm³/mol. The Kier molecular flexibility index (Phi) is 5.74. The van der Waals surface area contributed by atoms with Gasteiger partial charge in [-0.15, -0.1) is 11.8 Å². The van der Waals surface area contributed by atoms with E-state index < -0.39 is 11.1 Å². The molecule has 2 aromatic heterocycles. The molecule has 1 unspecified atom stereocenters. The summed E-state index contributed by atoms with van der Waals surface area (Å²) in [7, 11) is 4.04. The minimum Gasteiger partial charge on any atom is -0.546 e. The van der Waals surface area contributed by atoms with Gasteiger partial charge in [-0.3, -0.25) is 0 Å². The van der Waals surface area contributed by atoms with E-state index >= 15 is 0 Å². The van der Waals surface area contributed by atoms with E-state index in [2.05, 4.69) is 23.9 Å². The zero-order valence-corrected chi connectivity index (χ0v) is 13.6. The molecule has 2 heterocycles. The average Bonchev–Trinajstić information content (AvgIpc) is 2.73. The third kappa shape index (κ3) is 5.12. The molecule has 0 fully saturated rings. The number of thioether (sulfide) groups is 1. The van der Waals surface area contributed by atoms with Crippen molar-refractivity contribution in [3.63, 3.8) is 0 Å². The summed E-state index contributed by atoms with van der Waals surface area (Å²) in [5, 5.41) is 4.00. The lowest BCUT2D eigenvalue weighted by atomic mass is 10.3. The Morgan fingerprint density at radius 2 is 2.19 bits per heavy atom. The van der Waals surface area contributed by atoms with Gasteiger partial charge in [0.15, 0.2) is 11.1 Å². The topological polar surface area (TPSA) is 103 Å². The van der Waals surface area contributed by atoms with Crippen molar-refractivity contribution in [3.8, 4) is 0 Å². The lowest BCUT2D eigenvalue weighted by Gasteiger charge is -2.09. The van der Waals surface area contributed by atoms with Gasteiger partial charge in [-0.2, -0.15) is 0 Å². The van der Waals surface area contributed by atoms with Crippen molar-refractivity contribution < 1.29 is 4.55 Å². The zero-order chi connectivity index (χ0) is 15.2. The van der Waals surface area contributed by atoms with Gasteiger partial charge in [-0.1, -0.05) is 6.07 Å². The third-order valence-electron chi connectivity index (χ3n) is 2.49. The molecule has 0 aliphatic rings. The molecule has 9 heteroatoms. The predicted octanol–water partition coefficient (Wildman–Crippen LogP) is 1.45. The van der Waals surface area contributed by atoms with Crippen LogP contribution in [0.15, 0.2) is 23.2 Å². The average molecular weight is 326 g/mol. The largest absolute Gasteiger partial charge is 0.546 e. The van der Waals surface area contributed by atoms with Crippen molar-refractivity contribution in [3.05, 3.63) is 23.9 Å². The second-order valence-electron chi connectivity index (χ2n) is 4.63. The first-order chi connectivity index (χ1) is 10.0. The van der Waals surface area contributed by atoms with Crippen molar-refractivity contribution in [1.82, 2.24) is 18.6 Å². The van der Waals surface area contributed by atoms with Gasteiger partial charge in [0.2, 0.25) is 11.6 Å². The van der Waals surface area contributed by atoms with E-state index in [0.29, 0.717) is 12.4 Å². The van der Waals surface area contributed by atoms with Crippen molar-refractivity contribution >= 4 is 34.5 Å². The van der Waals surface area contributed by atoms with Crippen LogP contribution in [0.3, 0.4) is 0 Å². The molecule has 1 atom stereocenters. The standard InChI is InChI=1S/C12H18N6OS2/c1-18(2)8-9-4-3-5-10(15-9)20-7-6-14-12-11(13)16-21(19)17-12/h3-5H,6-8H2,1-2H3,(H2,13,16)(H,14,17). The van der Waals surface area contributed by atoms with Crippen LogP contribution in [0, 0.1) is 0 Å². The Bertz CT molecular complexity index is 589. The third-order valence-corrected chi connectivity index (χ3v) is 4.12. The maximum Gasteiger partial charge on any atom is 0.232 e. The maximum atomic E-state index is 11.0. The van der Waals surface area contributed by atoms with Gasteiger partial charge in [0.25, 0.3) is 0 Å². The second kappa shape index (κ2) is 7.55. The lowest BCUT2D eigenvalue weighted by Crippen LogP contribution is -2.12. The number of rotatable bonds is 7. The van der Waals surface area contributed by atoms with Gasteiger partial charge in [0.05, 0.1) is 10.7 Å². The second-order valence-corrected chi connectivity index (χ2v) is 6.57. The molecule has 0 saturated carbocycles. The molecule has 114 valence electrons. The minimum absolute atomic E-state index is 0.199. The van der Waals surface area contributed by atoms with Gasteiger partial charge in [0, 0.05) is 27.6 Å². The highest BCUT2D eigenvalue weighted by Gasteiger charge is 2.11. The number of nitrogen functional groups attached to an aromatic ring is 1.